The Hall–Kier alpha value is -2.11. The van der Waals surface area contributed by atoms with Crippen LogP contribution in [-0.2, 0) is 6.42 Å². The van der Waals surface area contributed by atoms with E-state index in [0.29, 0.717) is 21.3 Å². The normalized spacial score (nSPS) is 10.9. The standard InChI is InChI=1S/C18H18ClN3OS/c1-2-3-4-12-9-10-14-15(20)16(24-18(14)22-12)17(23)21-13-7-5-11(19)6-8-13/h5-10H,2-4,20H2,1H3,(H,21,23). The van der Waals surface area contributed by atoms with Crippen LogP contribution in [0.5, 0.6) is 0 Å². The third-order valence-corrected chi connectivity index (χ3v) is 5.11. The molecule has 0 fully saturated rings. The SMILES string of the molecule is CCCCc1ccc2c(N)c(C(=O)Nc3ccc(Cl)cc3)sc2n1. The van der Waals surface area contributed by atoms with Crippen LogP contribution in [0.4, 0.5) is 11.4 Å². The minimum Gasteiger partial charge on any atom is -0.397 e. The number of nitrogens with one attached hydrogen (secondary N) is 1. The van der Waals surface area contributed by atoms with Gasteiger partial charge in [0.25, 0.3) is 5.91 Å². The molecule has 0 saturated carbocycles. The van der Waals surface area contributed by atoms with E-state index in [1.165, 1.54) is 11.3 Å². The second-order valence-corrected chi connectivity index (χ2v) is 7.00. The number of thiophene rings is 1. The van der Waals surface area contributed by atoms with Crippen LogP contribution in [0.25, 0.3) is 10.2 Å². The number of aromatic nitrogens is 1. The van der Waals surface area contributed by atoms with Crippen LogP contribution in [-0.4, -0.2) is 10.9 Å². The highest BCUT2D eigenvalue weighted by molar-refractivity contribution is 7.21. The zero-order valence-electron chi connectivity index (χ0n) is 13.3. The molecule has 0 aliphatic heterocycles. The fraction of sp³-hybridized carbons (Fsp3) is 0.222. The number of amides is 1. The van der Waals surface area contributed by atoms with Crippen molar-refractivity contribution in [2.45, 2.75) is 26.2 Å². The molecule has 0 spiro atoms. The molecular formula is C18H18ClN3OS. The number of nitrogens with zero attached hydrogens (tertiary/aromatic N) is 1. The van der Waals surface area contributed by atoms with E-state index in [1.54, 1.807) is 24.3 Å². The number of fused-ring (bicyclic) bond motifs is 1. The van der Waals surface area contributed by atoms with E-state index < -0.39 is 0 Å². The summed E-state index contributed by atoms with van der Waals surface area (Å²) in [5, 5.41) is 4.30. The molecule has 2 aromatic heterocycles. The second kappa shape index (κ2) is 7.20. The average molecular weight is 360 g/mol. The minimum atomic E-state index is -0.229. The van der Waals surface area contributed by atoms with Gasteiger partial charge < -0.3 is 11.1 Å². The molecule has 0 saturated heterocycles. The summed E-state index contributed by atoms with van der Waals surface area (Å²) >= 11 is 7.18. The molecule has 1 aromatic carbocycles. The van der Waals surface area contributed by atoms with Crippen LogP contribution >= 0.6 is 22.9 Å². The largest absolute Gasteiger partial charge is 0.397 e. The molecule has 0 unspecified atom stereocenters. The fourth-order valence-corrected chi connectivity index (χ4v) is 3.56. The summed E-state index contributed by atoms with van der Waals surface area (Å²) in [6.45, 7) is 2.15. The smallest absolute Gasteiger partial charge is 0.267 e. The molecule has 0 aliphatic rings. The van der Waals surface area contributed by atoms with E-state index in [4.69, 9.17) is 17.3 Å². The van der Waals surface area contributed by atoms with Gasteiger partial charge >= 0.3 is 0 Å². The van der Waals surface area contributed by atoms with Crippen molar-refractivity contribution in [3.8, 4) is 0 Å². The van der Waals surface area contributed by atoms with Crippen molar-refractivity contribution in [2.24, 2.45) is 0 Å². The number of hydrogen-bond acceptors (Lipinski definition) is 4. The lowest BCUT2D eigenvalue weighted by Crippen LogP contribution is -2.11. The van der Waals surface area contributed by atoms with Gasteiger partial charge in [0.15, 0.2) is 0 Å². The molecule has 2 heterocycles. The van der Waals surface area contributed by atoms with Crippen molar-refractivity contribution in [1.29, 1.82) is 0 Å². The number of pyridine rings is 1. The zero-order chi connectivity index (χ0) is 17.1. The Labute approximate surface area is 149 Å². The highest BCUT2D eigenvalue weighted by atomic mass is 35.5. The molecule has 0 aliphatic carbocycles. The second-order valence-electron chi connectivity index (χ2n) is 5.56. The molecule has 1 amide bonds. The van der Waals surface area contributed by atoms with Crippen molar-refractivity contribution >= 4 is 50.4 Å². The van der Waals surface area contributed by atoms with Gasteiger partial charge in [-0.05, 0) is 49.2 Å². The summed E-state index contributed by atoms with van der Waals surface area (Å²) in [4.78, 5) is 18.4. The molecule has 4 nitrogen and oxygen atoms in total. The first kappa shape index (κ1) is 16.7. The molecule has 3 rings (SSSR count). The van der Waals surface area contributed by atoms with Gasteiger partial charge in [0, 0.05) is 21.8 Å². The van der Waals surface area contributed by atoms with Crippen LogP contribution in [0, 0.1) is 0 Å². The maximum atomic E-state index is 12.5. The zero-order valence-corrected chi connectivity index (χ0v) is 14.9. The lowest BCUT2D eigenvalue weighted by atomic mass is 10.1. The van der Waals surface area contributed by atoms with Gasteiger partial charge in [0.2, 0.25) is 0 Å². The van der Waals surface area contributed by atoms with Crippen molar-refractivity contribution in [3.05, 3.63) is 52.0 Å². The third-order valence-electron chi connectivity index (χ3n) is 3.75. The lowest BCUT2D eigenvalue weighted by molar-refractivity contribution is 0.103. The Morgan fingerprint density at radius 1 is 1.25 bits per heavy atom. The monoisotopic (exact) mass is 359 g/mol. The number of hydrogen-bond donors (Lipinski definition) is 2. The fourth-order valence-electron chi connectivity index (χ4n) is 2.42. The van der Waals surface area contributed by atoms with E-state index >= 15 is 0 Å². The highest BCUT2D eigenvalue weighted by Crippen LogP contribution is 2.33. The predicted octanol–water partition coefficient (Wildman–Crippen LogP) is 5.13. The highest BCUT2D eigenvalue weighted by Gasteiger charge is 2.17. The number of nitrogens with two attached hydrogens (primary N) is 1. The quantitative estimate of drug-likeness (QED) is 0.663. The summed E-state index contributed by atoms with van der Waals surface area (Å²) in [5.41, 5.74) is 8.35. The van der Waals surface area contributed by atoms with Gasteiger partial charge in [-0.3, -0.25) is 4.79 Å². The lowest BCUT2D eigenvalue weighted by Gasteiger charge is -2.04. The summed E-state index contributed by atoms with van der Waals surface area (Å²) < 4.78 is 0. The topological polar surface area (TPSA) is 68.0 Å². The van der Waals surface area contributed by atoms with Crippen molar-refractivity contribution < 1.29 is 4.79 Å². The van der Waals surface area contributed by atoms with E-state index in [-0.39, 0.29) is 5.91 Å². The first-order chi connectivity index (χ1) is 11.6. The molecule has 6 heteroatoms. The van der Waals surface area contributed by atoms with Crippen molar-refractivity contribution in [1.82, 2.24) is 4.98 Å². The average Bonchev–Trinajstić information content (AvgIpc) is 2.91. The molecule has 0 radical (unpaired) electrons. The van der Waals surface area contributed by atoms with E-state index in [9.17, 15) is 4.79 Å². The van der Waals surface area contributed by atoms with Crippen molar-refractivity contribution in [2.75, 3.05) is 11.1 Å². The van der Waals surface area contributed by atoms with Gasteiger partial charge in [-0.1, -0.05) is 24.9 Å². The summed E-state index contributed by atoms with van der Waals surface area (Å²) in [5.74, 6) is -0.229. The van der Waals surface area contributed by atoms with Crippen molar-refractivity contribution in [3.63, 3.8) is 0 Å². The Balaban J connectivity index is 1.86. The Morgan fingerprint density at radius 3 is 2.71 bits per heavy atom. The number of anilines is 2. The summed E-state index contributed by atoms with van der Waals surface area (Å²) in [7, 11) is 0. The van der Waals surface area contributed by atoms with Gasteiger partial charge in [0.05, 0.1) is 5.69 Å². The van der Waals surface area contributed by atoms with E-state index in [1.807, 2.05) is 12.1 Å². The van der Waals surface area contributed by atoms with Gasteiger partial charge in [-0.2, -0.15) is 0 Å². The molecule has 124 valence electrons. The van der Waals surface area contributed by atoms with Gasteiger partial charge in [-0.25, -0.2) is 4.98 Å². The first-order valence-electron chi connectivity index (χ1n) is 7.83. The molecule has 3 N–H and O–H groups in total. The number of rotatable bonds is 5. The molecular weight excluding hydrogens is 342 g/mol. The maximum Gasteiger partial charge on any atom is 0.267 e. The molecule has 24 heavy (non-hydrogen) atoms. The Bertz CT molecular complexity index is 874. The summed E-state index contributed by atoms with van der Waals surface area (Å²) in [6.07, 6.45) is 3.17. The van der Waals surface area contributed by atoms with E-state index in [2.05, 4.69) is 17.2 Å². The minimum absolute atomic E-state index is 0.229. The van der Waals surface area contributed by atoms with Crippen LogP contribution in [0.15, 0.2) is 36.4 Å². The van der Waals surface area contributed by atoms with Crippen LogP contribution in [0.2, 0.25) is 5.02 Å². The predicted molar refractivity (Wildman–Crippen MR) is 102 cm³/mol. The number of halogens is 1. The Morgan fingerprint density at radius 2 is 2.00 bits per heavy atom. The van der Waals surface area contributed by atoms with E-state index in [0.717, 1.165) is 35.2 Å². The van der Waals surface area contributed by atoms with Gasteiger partial charge in [-0.15, -0.1) is 11.3 Å². The molecule has 0 bridgehead atoms. The number of unbranched alkanes of at least 4 members (excludes halogenated alkanes) is 1. The number of nitrogen functional groups attached to an aromatic ring is 1. The van der Waals surface area contributed by atoms with Gasteiger partial charge in [0.1, 0.15) is 9.71 Å². The number of aryl methyl sites for hydroxylation is 1. The van der Waals surface area contributed by atoms with Crippen LogP contribution in [0.3, 0.4) is 0 Å². The third kappa shape index (κ3) is 3.52. The Kier molecular flexibility index (Phi) is 5.02. The summed E-state index contributed by atoms with van der Waals surface area (Å²) in [6, 6.07) is 10.9. The maximum absolute atomic E-state index is 12.5. The van der Waals surface area contributed by atoms with Crippen LogP contribution in [0.1, 0.15) is 35.1 Å². The molecule has 3 aromatic rings. The number of carbonyl (C=O) groups is 1. The number of benzene rings is 1. The molecule has 0 atom stereocenters. The van der Waals surface area contributed by atoms with Crippen LogP contribution < -0.4 is 11.1 Å². The number of carbonyl (C=O) groups excluding carboxylic acids is 1. The first-order valence-corrected chi connectivity index (χ1v) is 9.02.